The second-order valence-electron chi connectivity index (χ2n) is 11.0. The third kappa shape index (κ3) is 5.60. The number of ether oxygens (including phenoxy) is 2. The number of thiophene rings is 1. The molecule has 1 aliphatic carbocycles. The van der Waals surface area contributed by atoms with Crippen LogP contribution in [0.1, 0.15) is 44.4 Å². The van der Waals surface area contributed by atoms with Gasteiger partial charge in [0.25, 0.3) is 11.8 Å². The quantitative estimate of drug-likeness (QED) is 0.173. The number of amides is 3. The Morgan fingerprint density at radius 3 is 2.41 bits per heavy atom. The van der Waals surface area contributed by atoms with Gasteiger partial charge in [-0.3, -0.25) is 19.8 Å². The molecule has 1 spiro atoms. The molecular weight excluding hydrogens is 637 g/mol. The average molecular weight is 664 g/mol. The summed E-state index contributed by atoms with van der Waals surface area (Å²) in [4.78, 5) is 40.4. The monoisotopic (exact) mass is 663 g/mol. The Balaban J connectivity index is 1.18. The molecule has 1 unspecified atom stereocenters. The number of rotatable bonds is 7. The summed E-state index contributed by atoms with van der Waals surface area (Å²) in [6.45, 7) is -0.656. The molecular formula is C30H26F5N5O5S. The Morgan fingerprint density at radius 2 is 1.74 bits per heavy atom. The van der Waals surface area contributed by atoms with E-state index in [1.54, 1.807) is 6.07 Å². The number of nitrogens with zero attached hydrogens (tertiary/aromatic N) is 1. The minimum absolute atomic E-state index is 0.00240. The van der Waals surface area contributed by atoms with E-state index in [4.69, 9.17) is 20.6 Å². The van der Waals surface area contributed by atoms with Crippen LogP contribution in [0.25, 0.3) is 11.1 Å². The van der Waals surface area contributed by atoms with Crippen LogP contribution in [0.2, 0.25) is 0 Å². The number of hydrogen-bond acceptors (Lipinski definition) is 7. The van der Waals surface area contributed by atoms with Crippen molar-refractivity contribution in [2.45, 2.75) is 36.4 Å². The van der Waals surface area contributed by atoms with E-state index in [0.29, 0.717) is 11.3 Å². The van der Waals surface area contributed by atoms with Gasteiger partial charge < -0.3 is 30.7 Å². The van der Waals surface area contributed by atoms with Crippen LogP contribution in [-0.2, 0) is 25.0 Å². The molecule has 16 heteroatoms. The van der Waals surface area contributed by atoms with Crippen LogP contribution in [0, 0.1) is 5.41 Å². The summed E-state index contributed by atoms with van der Waals surface area (Å²) in [7, 11) is 0. The zero-order chi connectivity index (χ0) is 33.0. The van der Waals surface area contributed by atoms with Crippen LogP contribution >= 0.6 is 11.3 Å². The topological polar surface area (TPSA) is 147 Å². The van der Waals surface area contributed by atoms with Crippen molar-refractivity contribution in [1.29, 1.82) is 5.41 Å². The maximum absolute atomic E-state index is 14.9. The van der Waals surface area contributed by atoms with Crippen molar-refractivity contribution in [1.82, 2.24) is 15.5 Å². The largest absolute Gasteiger partial charge is 0.413 e. The SMILES string of the molecule is N=C(N)c1csc(C(NC(=O)[C@@H]2CC3(CN2C(=O)CNC(=O)c2ccc4c(c2)-c2ccccc2C4(F)F)OCCO3)C(F)(F)F)c1. The minimum atomic E-state index is -4.92. The molecule has 3 aromatic rings. The predicted molar refractivity (Wildman–Crippen MR) is 154 cm³/mol. The molecule has 0 bridgehead atoms. The van der Waals surface area contributed by atoms with Gasteiger partial charge in [-0.05, 0) is 29.3 Å². The van der Waals surface area contributed by atoms with Gasteiger partial charge in [0, 0.05) is 38.9 Å². The molecule has 2 aromatic carbocycles. The zero-order valence-corrected chi connectivity index (χ0v) is 24.6. The van der Waals surface area contributed by atoms with Gasteiger partial charge in [-0.1, -0.05) is 30.3 Å². The Bertz CT molecular complexity index is 1740. The molecule has 3 heterocycles. The summed E-state index contributed by atoms with van der Waals surface area (Å²) in [6.07, 6.45) is -5.18. The van der Waals surface area contributed by atoms with Crippen molar-refractivity contribution in [3.8, 4) is 11.1 Å². The lowest BCUT2D eigenvalue weighted by Gasteiger charge is -2.27. The molecule has 2 saturated heterocycles. The van der Waals surface area contributed by atoms with Crippen molar-refractivity contribution < 1.29 is 45.8 Å². The first-order valence-electron chi connectivity index (χ1n) is 14.0. The first kappa shape index (κ1) is 31.6. The number of nitrogen functional groups attached to an aromatic ring is 1. The molecule has 46 heavy (non-hydrogen) atoms. The molecule has 10 nitrogen and oxygen atoms in total. The van der Waals surface area contributed by atoms with Crippen molar-refractivity contribution in [2.24, 2.45) is 5.73 Å². The van der Waals surface area contributed by atoms with E-state index >= 15 is 0 Å². The van der Waals surface area contributed by atoms with E-state index in [2.05, 4.69) is 5.32 Å². The van der Waals surface area contributed by atoms with E-state index in [1.165, 1.54) is 35.7 Å². The van der Waals surface area contributed by atoms with Crippen LogP contribution in [0.5, 0.6) is 0 Å². The normalized spacial score (nSPS) is 19.8. The number of carbonyl (C=O) groups is 3. The minimum Gasteiger partial charge on any atom is -0.384 e. The number of likely N-dealkylation sites (tertiary alicyclic amines) is 1. The highest BCUT2D eigenvalue weighted by Crippen LogP contribution is 2.51. The van der Waals surface area contributed by atoms with Crippen LogP contribution in [0.4, 0.5) is 22.0 Å². The number of nitrogens with two attached hydrogens (primary N) is 1. The van der Waals surface area contributed by atoms with Gasteiger partial charge in [0.2, 0.25) is 11.8 Å². The van der Waals surface area contributed by atoms with E-state index < -0.39 is 60.1 Å². The predicted octanol–water partition coefficient (Wildman–Crippen LogP) is 3.65. The number of benzene rings is 2. The van der Waals surface area contributed by atoms with E-state index in [1.807, 2.05) is 5.32 Å². The average Bonchev–Trinajstić information content (AvgIpc) is 3.81. The summed E-state index contributed by atoms with van der Waals surface area (Å²) >= 11 is 0.661. The maximum atomic E-state index is 14.9. The highest BCUT2D eigenvalue weighted by Gasteiger charge is 2.54. The van der Waals surface area contributed by atoms with Crippen molar-refractivity contribution in [2.75, 3.05) is 26.3 Å². The molecule has 0 saturated carbocycles. The fraction of sp³-hybridized carbons (Fsp3) is 0.333. The van der Waals surface area contributed by atoms with Gasteiger partial charge in [-0.25, -0.2) is 0 Å². The van der Waals surface area contributed by atoms with Gasteiger partial charge >= 0.3 is 6.18 Å². The van der Waals surface area contributed by atoms with Crippen molar-refractivity contribution in [3.05, 3.63) is 81.0 Å². The van der Waals surface area contributed by atoms with Crippen molar-refractivity contribution >= 4 is 34.9 Å². The van der Waals surface area contributed by atoms with Gasteiger partial charge in [0.1, 0.15) is 11.9 Å². The third-order valence-electron chi connectivity index (χ3n) is 8.13. The molecule has 1 aromatic heterocycles. The van der Waals surface area contributed by atoms with Gasteiger partial charge in [-0.2, -0.15) is 22.0 Å². The van der Waals surface area contributed by atoms with Gasteiger partial charge in [0.15, 0.2) is 11.8 Å². The van der Waals surface area contributed by atoms with Gasteiger partial charge in [-0.15, -0.1) is 11.3 Å². The second kappa shape index (κ2) is 11.4. The first-order valence-corrected chi connectivity index (χ1v) is 14.9. The molecule has 2 fully saturated rings. The summed E-state index contributed by atoms with van der Waals surface area (Å²) in [5.41, 5.74) is 5.45. The van der Waals surface area contributed by atoms with Crippen LogP contribution in [0.3, 0.4) is 0 Å². The molecule has 0 radical (unpaired) electrons. The van der Waals surface area contributed by atoms with Gasteiger partial charge in [0.05, 0.1) is 26.3 Å². The lowest BCUT2D eigenvalue weighted by molar-refractivity contribution is -0.164. The number of alkyl halides is 5. The number of amidine groups is 1. The zero-order valence-electron chi connectivity index (χ0n) is 23.8. The Labute approximate surface area is 262 Å². The molecule has 6 rings (SSSR count). The number of halogens is 5. The summed E-state index contributed by atoms with van der Waals surface area (Å²) in [5, 5.41) is 13.1. The summed E-state index contributed by atoms with van der Waals surface area (Å²) in [5.74, 6) is -7.80. The second-order valence-corrected chi connectivity index (χ2v) is 12.0. The number of hydrogen-bond donors (Lipinski definition) is 4. The highest BCUT2D eigenvalue weighted by atomic mass is 32.1. The molecule has 3 aliphatic rings. The van der Waals surface area contributed by atoms with Crippen molar-refractivity contribution in [3.63, 3.8) is 0 Å². The van der Waals surface area contributed by atoms with E-state index in [0.717, 1.165) is 17.0 Å². The Morgan fingerprint density at radius 1 is 1.04 bits per heavy atom. The smallest absolute Gasteiger partial charge is 0.384 e. The Kier molecular flexibility index (Phi) is 7.85. The molecule has 2 aliphatic heterocycles. The van der Waals surface area contributed by atoms with E-state index in [9.17, 15) is 36.3 Å². The number of carbonyl (C=O) groups excluding carboxylic acids is 3. The molecule has 2 atom stereocenters. The fourth-order valence-electron chi connectivity index (χ4n) is 5.92. The third-order valence-corrected chi connectivity index (χ3v) is 9.13. The lowest BCUT2D eigenvalue weighted by atomic mass is 10.0. The standard InChI is InChI=1S/C30H26F5N5O5S/c31-29(32)19-4-2-1-3-17(19)18-9-15(5-6-20(18)29)26(42)38-12-23(41)40-14-28(44-7-8-45-28)11-21(40)27(43)39-24(30(33,34)35)22-10-16(13-46-22)25(36)37/h1-6,9-10,13,21,24H,7-8,11-12,14H2,(H3,36,37)(H,38,42)(H,39,43)/t21-,24?/m0/s1. The highest BCUT2D eigenvalue weighted by molar-refractivity contribution is 7.10. The number of fused-ring (bicyclic) bond motifs is 3. The molecule has 3 amide bonds. The summed E-state index contributed by atoms with van der Waals surface area (Å²) < 4.78 is 83.3. The van der Waals surface area contributed by atoms with Crippen LogP contribution in [0.15, 0.2) is 53.9 Å². The Hall–Kier alpha value is -4.41. The van der Waals surface area contributed by atoms with E-state index in [-0.39, 0.29) is 64.4 Å². The van der Waals surface area contributed by atoms with Crippen LogP contribution < -0.4 is 16.4 Å². The first-order chi connectivity index (χ1) is 21.7. The number of nitrogens with one attached hydrogen (secondary N) is 3. The molecule has 242 valence electrons. The summed E-state index contributed by atoms with van der Waals surface area (Å²) in [6, 6.07) is 6.74. The molecule has 5 N–H and O–H groups in total. The fourth-order valence-corrected chi connectivity index (χ4v) is 6.90. The lowest BCUT2D eigenvalue weighted by Crippen LogP contribution is -2.51. The van der Waals surface area contributed by atoms with Crippen LogP contribution in [-0.4, -0.2) is 72.8 Å². The maximum Gasteiger partial charge on any atom is 0.413 e.